The standard InChI is InChI=1S/C16H19N3O/c1-3-15-10-14(6-8-18-15)16(20)19-12(2)9-13-5-4-7-17-11-13/h4-8,10-12H,3,9H2,1-2H3,(H,19,20). The first-order chi connectivity index (χ1) is 9.69. The van der Waals surface area contributed by atoms with E-state index in [-0.39, 0.29) is 11.9 Å². The summed E-state index contributed by atoms with van der Waals surface area (Å²) in [5.74, 6) is -0.0570. The van der Waals surface area contributed by atoms with Gasteiger partial charge in [-0.1, -0.05) is 13.0 Å². The SMILES string of the molecule is CCc1cc(C(=O)NC(C)Cc2cccnc2)ccn1. The highest BCUT2D eigenvalue weighted by molar-refractivity contribution is 5.94. The molecule has 2 rings (SSSR count). The van der Waals surface area contributed by atoms with Gasteiger partial charge < -0.3 is 5.32 Å². The summed E-state index contributed by atoms with van der Waals surface area (Å²) in [5.41, 5.74) is 2.71. The predicted octanol–water partition coefficient (Wildman–Crippen LogP) is 2.40. The predicted molar refractivity (Wildman–Crippen MR) is 78.5 cm³/mol. The normalized spacial score (nSPS) is 11.9. The van der Waals surface area contributed by atoms with Crippen LogP contribution < -0.4 is 5.32 Å². The van der Waals surface area contributed by atoms with Crippen molar-refractivity contribution in [3.05, 3.63) is 59.7 Å². The number of pyridine rings is 2. The van der Waals surface area contributed by atoms with E-state index in [4.69, 9.17) is 0 Å². The second-order valence-electron chi connectivity index (χ2n) is 4.83. The summed E-state index contributed by atoms with van der Waals surface area (Å²) in [6.07, 6.45) is 6.84. The van der Waals surface area contributed by atoms with Crippen molar-refractivity contribution >= 4 is 5.91 Å². The largest absolute Gasteiger partial charge is 0.349 e. The summed E-state index contributed by atoms with van der Waals surface area (Å²) < 4.78 is 0. The van der Waals surface area contributed by atoms with Crippen molar-refractivity contribution in [3.8, 4) is 0 Å². The van der Waals surface area contributed by atoms with Gasteiger partial charge in [0.2, 0.25) is 0 Å². The first kappa shape index (κ1) is 14.2. The molecule has 0 aliphatic heterocycles. The Morgan fingerprint density at radius 1 is 1.35 bits per heavy atom. The maximum absolute atomic E-state index is 12.2. The molecule has 0 spiro atoms. The zero-order chi connectivity index (χ0) is 14.4. The molecule has 1 unspecified atom stereocenters. The number of hydrogen-bond acceptors (Lipinski definition) is 3. The number of nitrogens with one attached hydrogen (secondary N) is 1. The minimum atomic E-state index is -0.0570. The summed E-state index contributed by atoms with van der Waals surface area (Å²) >= 11 is 0. The Bertz CT molecular complexity index is 569. The van der Waals surface area contributed by atoms with E-state index in [1.165, 1.54) is 0 Å². The van der Waals surface area contributed by atoms with Gasteiger partial charge in [0.05, 0.1) is 0 Å². The molecule has 0 fully saturated rings. The molecular formula is C16H19N3O. The van der Waals surface area contributed by atoms with Crippen molar-refractivity contribution in [1.82, 2.24) is 15.3 Å². The lowest BCUT2D eigenvalue weighted by Gasteiger charge is -2.14. The lowest BCUT2D eigenvalue weighted by Crippen LogP contribution is -2.34. The molecule has 1 atom stereocenters. The third-order valence-corrected chi connectivity index (χ3v) is 3.08. The van der Waals surface area contributed by atoms with Crippen molar-refractivity contribution in [3.63, 3.8) is 0 Å². The van der Waals surface area contributed by atoms with Gasteiger partial charge in [0.1, 0.15) is 0 Å². The molecule has 0 radical (unpaired) electrons. The molecule has 0 saturated carbocycles. The maximum atomic E-state index is 12.2. The fourth-order valence-electron chi connectivity index (χ4n) is 2.04. The third-order valence-electron chi connectivity index (χ3n) is 3.08. The highest BCUT2D eigenvalue weighted by Crippen LogP contribution is 2.05. The summed E-state index contributed by atoms with van der Waals surface area (Å²) in [5, 5.41) is 3.00. The average molecular weight is 269 g/mol. The van der Waals surface area contributed by atoms with Gasteiger partial charge in [0.25, 0.3) is 5.91 Å². The second-order valence-corrected chi connectivity index (χ2v) is 4.83. The first-order valence-electron chi connectivity index (χ1n) is 6.83. The van der Waals surface area contributed by atoms with Gasteiger partial charge in [-0.05, 0) is 43.5 Å². The van der Waals surface area contributed by atoms with E-state index >= 15 is 0 Å². The van der Waals surface area contributed by atoms with Gasteiger partial charge in [-0.3, -0.25) is 14.8 Å². The first-order valence-corrected chi connectivity index (χ1v) is 6.83. The zero-order valence-electron chi connectivity index (χ0n) is 11.8. The van der Waals surface area contributed by atoms with E-state index in [0.29, 0.717) is 5.56 Å². The number of aryl methyl sites for hydroxylation is 1. The smallest absolute Gasteiger partial charge is 0.251 e. The van der Waals surface area contributed by atoms with E-state index in [0.717, 1.165) is 24.1 Å². The van der Waals surface area contributed by atoms with Crippen LogP contribution in [-0.4, -0.2) is 21.9 Å². The summed E-state index contributed by atoms with van der Waals surface area (Å²) in [4.78, 5) is 20.4. The van der Waals surface area contributed by atoms with Crippen LogP contribution in [0.15, 0.2) is 42.9 Å². The van der Waals surface area contributed by atoms with Crippen LogP contribution >= 0.6 is 0 Å². The molecule has 1 amide bonds. The Morgan fingerprint density at radius 3 is 2.90 bits per heavy atom. The highest BCUT2D eigenvalue weighted by Gasteiger charge is 2.11. The van der Waals surface area contributed by atoms with Gasteiger partial charge in [0.15, 0.2) is 0 Å². The van der Waals surface area contributed by atoms with Crippen LogP contribution in [0.2, 0.25) is 0 Å². The fourth-order valence-corrected chi connectivity index (χ4v) is 2.04. The average Bonchev–Trinajstić information content (AvgIpc) is 2.48. The molecule has 0 aliphatic rings. The van der Waals surface area contributed by atoms with Crippen LogP contribution in [0.4, 0.5) is 0 Å². The number of carbonyl (C=O) groups is 1. The Balaban J connectivity index is 1.96. The number of amides is 1. The molecular weight excluding hydrogens is 250 g/mol. The number of hydrogen-bond donors (Lipinski definition) is 1. The molecule has 2 aromatic heterocycles. The minimum Gasteiger partial charge on any atom is -0.349 e. The molecule has 20 heavy (non-hydrogen) atoms. The second kappa shape index (κ2) is 6.80. The van der Waals surface area contributed by atoms with E-state index in [9.17, 15) is 4.79 Å². The lowest BCUT2D eigenvalue weighted by atomic mass is 10.1. The third kappa shape index (κ3) is 3.88. The highest BCUT2D eigenvalue weighted by atomic mass is 16.1. The molecule has 0 saturated heterocycles. The molecule has 0 bridgehead atoms. The fraction of sp³-hybridized carbons (Fsp3) is 0.312. The number of carbonyl (C=O) groups excluding carboxylic acids is 1. The van der Waals surface area contributed by atoms with E-state index in [1.54, 1.807) is 18.5 Å². The van der Waals surface area contributed by atoms with Gasteiger partial charge in [-0.25, -0.2) is 0 Å². The summed E-state index contributed by atoms with van der Waals surface area (Å²) in [6, 6.07) is 7.56. The van der Waals surface area contributed by atoms with Gasteiger partial charge in [0, 0.05) is 35.9 Å². The van der Waals surface area contributed by atoms with E-state index in [1.807, 2.05) is 38.2 Å². The van der Waals surface area contributed by atoms with Crippen molar-refractivity contribution in [2.45, 2.75) is 32.7 Å². The van der Waals surface area contributed by atoms with Crippen molar-refractivity contribution < 1.29 is 4.79 Å². The van der Waals surface area contributed by atoms with Crippen molar-refractivity contribution in [1.29, 1.82) is 0 Å². The number of nitrogens with zero attached hydrogens (tertiary/aromatic N) is 2. The zero-order valence-corrected chi connectivity index (χ0v) is 11.8. The van der Waals surface area contributed by atoms with Crippen LogP contribution in [-0.2, 0) is 12.8 Å². The van der Waals surface area contributed by atoms with Gasteiger partial charge >= 0.3 is 0 Å². The van der Waals surface area contributed by atoms with Crippen LogP contribution in [0.25, 0.3) is 0 Å². The van der Waals surface area contributed by atoms with Gasteiger partial charge in [-0.15, -0.1) is 0 Å². The molecule has 4 nitrogen and oxygen atoms in total. The molecule has 2 aromatic rings. The molecule has 0 aromatic carbocycles. The van der Waals surface area contributed by atoms with Crippen molar-refractivity contribution in [2.75, 3.05) is 0 Å². The van der Waals surface area contributed by atoms with Crippen LogP contribution in [0, 0.1) is 0 Å². The Kier molecular flexibility index (Phi) is 4.82. The number of rotatable bonds is 5. The quantitative estimate of drug-likeness (QED) is 0.906. The molecule has 104 valence electrons. The van der Waals surface area contributed by atoms with Crippen LogP contribution in [0.5, 0.6) is 0 Å². The monoisotopic (exact) mass is 269 g/mol. The molecule has 4 heteroatoms. The molecule has 0 aliphatic carbocycles. The topological polar surface area (TPSA) is 54.9 Å². The lowest BCUT2D eigenvalue weighted by molar-refractivity contribution is 0.0940. The number of aromatic nitrogens is 2. The molecule has 1 N–H and O–H groups in total. The van der Waals surface area contributed by atoms with Gasteiger partial charge in [-0.2, -0.15) is 0 Å². The van der Waals surface area contributed by atoms with E-state index in [2.05, 4.69) is 15.3 Å². The Labute approximate surface area is 119 Å². The van der Waals surface area contributed by atoms with E-state index < -0.39 is 0 Å². The summed E-state index contributed by atoms with van der Waals surface area (Å²) in [7, 11) is 0. The summed E-state index contributed by atoms with van der Waals surface area (Å²) in [6.45, 7) is 4.02. The van der Waals surface area contributed by atoms with Crippen LogP contribution in [0.1, 0.15) is 35.5 Å². The van der Waals surface area contributed by atoms with Crippen LogP contribution in [0.3, 0.4) is 0 Å². The Morgan fingerprint density at radius 2 is 2.20 bits per heavy atom. The maximum Gasteiger partial charge on any atom is 0.251 e. The minimum absolute atomic E-state index is 0.0570. The molecule has 2 heterocycles. The van der Waals surface area contributed by atoms with Crippen molar-refractivity contribution in [2.24, 2.45) is 0 Å². The Hall–Kier alpha value is -2.23.